The van der Waals surface area contributed by atoms with Crippen molar-refractivity contribution in [1.82, 2.24) is 9.97 Å². The lowest BCUT2D eigenvalue weighted by Crippen LogP contribution is -2.13. The van der Waals surface area contributed by atoms with Crippen molar-refractivity contribution in [2.75, 3.05) is 4.72 Å². The first-order valence-electron chi connectivity index (χ1n) is 4.72. The van der Waals surface area contributed by atoms with Crippen LogP contribution in [0.25, 0.3) is 0 Å². The van der Waals surface area contributed by atoms with Gasteiger partial charge in [-0.1, -0.05) is 0 Å². The minimum Gasteiger partial charge on any atom is -0.278 e. The summed E-state index contributed by atoms with van der Waals surface area (Å²) in [4.78, 5) is 6.40. The number of anilines is 1. The van der Waals surface area contributed by atoms with Gasteiger partial charge >= 0.3 is 0 Å². The highest BCUT2D eigenvalue weighted by Gasteiger charge is 2.15. The molecule has 0 saturated carbocycles. The Labute approximate surface area is 102 Å². The first-order chi connectivity index (χ1) is 8.47. The summed E-state index contributed by atoms with van der Waals surface area (Å²) in [5, 5.41) is 0. The molecule has 2 heterocycles. The maximum absolute atomic E-state index is 12.9. The summed E-state index contributed by atoms with van der Waals surface area (Å²) in [6.07, 6.45) is 2.90. The first-order valence-corrected chi connectivity index (χ1v) is 6.20. The quantitative estimate of drug-likeness (QED) is 0.860. The number of aromatic nitrogens is 2. The lowest BCUT2D eigenvalue weighted by atomic mass is 10.4. The van der Waals surface area contributed by atoms with E-state index >= 15 is 0 Å². The third kappa shape index (κ3) is 2.77. The van der Waals surface area contributed by atoms with Gasteiger partial charge in [0.05, 0.1) is 18.1 Å². The van der Waals surface area contributed by atoms with Gasteiger partial charge in [0.2, 0.25) is 5.95 Å². The number of halogens is 2. The smallest absolute Gasteiger partial charge is 0.263 e. The van der Waals surface area contributed by atoms with E-state index in [9.17, 15) is 17.2 Å². The van der Waals surface area contributed by atoms with Gasteiger partial charge < -0.3 is 0 Å². The molecular formula is C10H7F2N3O2S. The molecule has 0 saturated heterocycles. The summed E-state index contributed by atoms with van der Waals surface area (Å²) in [6, 6.07) is 3.03. The molecule has 94 valence electrons. The molecule has 0 atom stereocenters. The van der Waals surface area contributed by atoms with Crippen molar-refractivity contribution >= 4 is 15.7 Å². The fraction of sp³-hybridized carbons (Fsp3) is 0. The predicted molar refractivity (Wildman–Crippen MR) is 59.2 cm³/mol. The number of rotatable bonds is 3. The van der Waals surface area contributed by atoms with Gasteiger partial charge in [0, 0.05) is 6.20 Å². The lowest BCUT2D eigenvalue weighted by molar-refractivity contribution is 0.583. The van der Waals surface area contributed by atoms with E-state index in [1.54, 1.807) is 0 Å². The molecule has 2 rings (SSSR count). The third-order valence-electron chi connectivity index (χ3n) is 1.97. The van der Waals surface area contributed by atoms with Crippen LogP contribution in [0.4, 0.5) is 14.5 Å². The Kier molecular flexibility index (Phi) is 3.19. The molecule has 1 N–H and O–H groups in total. The van der Waals surface area contributed by atoms with Crippen LogP contribution in [0.2, 0.25) is 0 Å². The van der Waals surface area contributed by atoms with Crippen LogP contribution in [-0.2, 0) is 10.0 Å². The van der Waals surface area contributed by atoms with Crippen molar-refractivity contribution < 1.29 is 17.2 Å². The SMILES string of the molecule is O=S(=O)(Nc1ccc(F)nc1)c1cncc(F)c1. The molecule has 0 amide bonds. The summed E-state index contributed by atoms with van der Waals surface area (Å²) in [5.74, 6) is -1.50. The minimum absolute atomic E-state index is 0.0701. The Balaban J connectivity index is 2.30. The molecule has 0 fully saturated rings. The van der Waals surface area contributed by atoms with Gasteiger partial charge in [-0.2, -0.15) is 4.39 Å². The van der Waals surface area contributed by atoms with Crippen LogP contribution in [0.5, 0.6) is 0 Å². The van der Waals surface area contributed by atoms with Crippen molar-refractivity contribution in [1.29, 1.82) is 0 Å². The zero-order valence-corrected chi connectivity index (χ0v) is 9.66. The number of pyridine rings is 2. The molecule has 0 aliphatic rings. The van der Waals surface area contributed by atoms with E-state index in [1.165, 1.54) is 6.07 Å². The molecule has 8 heteroatoms. The summed E-state index contributed by atoms with van der Waals surface area (Å²) in [6.45, 7) is 0. The molecule has 0 aliphatic heterocycles. The molecule has 0 bridgehead atoms. The van der Waals surface area contributed by atoms with Crippen molar-refractivity contribution in [3.05, 3.63) is 48.6 Å². The van der Waals surface area contributed by atoms with Crippen LogP contribution in [0.1, 0.15) is 0 Å². The lowest BCUT2D eigenvalue weighted by Gasteiger charge is -2.06. The van der Waals surface area contributed by atoms with E-state index in [2.05, 4.69) is 14.7 Å². The molecular weight excluding hydrogens is 264 g/mol. The van der Waals surface area contributed by atoms with Crippen LogP contribution in [0.15, 0.2) is 41.7 Å². The Hall–Kier alpha value is -2.09. The molecule has 0 radical (unpaired) electrons. The van der Waals surface area contributed by atoms with Gasteiger partial charge in [0.15, 0.2) is 0 Å². The van der Waals surface area contributed by atoms with Crippen molar-refractivity contribution in [2.45, 2.75) is 4.90 Å². The average Bonchev–Trinajstić information content (AvgIpc) is 2.32. The van der Waals surface area contributed by atoms with Gasteiger partial charge in [-0.25, -0.2) is 17.8 Å². The van der Waals surface area contributed by atoms with Crippen LogP contribution in [0, 0.1) is 11.8 Å². The van der Waals surface area contributed by atoms with E-state index in [4.69, 9.17) is 0 Å². The van der Waals surface area contributed by atoms with E-state index in [1.807, 2.05) is 0 Å². The maximum atomic E-state index is 12.9. The highest BCUT2D eigenvalue weighted by Crippen LogP contribution is 2.15. The second kappa shape index (κ2) is 4.65. The van der Waals surface area contributed by atoms with Crippen molar-refractivity contribution in [3.8, 4) is 0 Å². The highest BCUT2D eigenvalue weighted by atomic mass is 32.2. The summed E-state index contributed by atoms with van der Waals surface area (Å²) < 4.78 is 51.1. The Morgan fingerprint density at radius 2 is 1.89 bits per heavy atom. The first kappa shape index (κ1) is 12.4. The highest BCUT2D eigenvalue weighted by molar-refractivity contribution is 7.92. The van der Waals surface area contributed by atoms with E-state index in [-0.39, 0.29) is 10.6 Å². The summed E-state index contributed by atoms with van der Waals surface area (Å²) >= 11 is 0. The van der Waals surface area contributed by atoms with Crippen molar-refractivity contribution in [2.24, 2.45) is 0 Å². The number of nitrogens with one attached hydrogen (secondary N) is 1. The monoisotopic (exact) mass is 271 g/mol. The Bertz CT molecular complexity index is 659. The molecule has 0 unspecified atom stereocenters. The fourth-order valence-electron chi connectivity index (χ4n) is 1.19. The normalized spacial score (nSPS) is 11.2. The average molecular weight is 271 g/mol. The molecule has 0 spiro atoms. The van der Waals surface area contributed by atoms with Gasteiger partial charge in [-0.3, -0.25) is 9.71 Å². The van der Waals surface area contributed by atoms with Crippen molar-refractivity contribution in [3.63, 3.8) is 0 Å². The second-order valence-corrected chi connectivity index (χ2v) is 5.00. The zero-order chi connectivity index (χ0) is 13.2. The number of nitrogens with zero attached hydrogens (tertiary/aromatic N) is 2. The largest absolute Gasteiger partial charge is 0.278 e. The number of hydrogen-bond donors (Lipinski definition) is 1. The van der Waals surface area contributed by atoms with Crippen LogP contribution in [0.3, 0.4) is 0 Å². The standard InChI is InChI=1S/C10H7F2N3O2S/c11-7-3-9(6-13-4-7)18(16,17)15-8-1-2-10(12)14-5-8/h1-6,15H. The third-order valence-corrected chi connectivity index (χ3v) is 3.32. The molecule has 2 aromatic rings. The Morgan fingerprint density at radius 3 is 2.50 bits per heavy atom. The van der Waals surface area contributed by atoms with Gasteiger partial charge in [-0.15, -0.1) is 0 Å². The van der Waals surface area contributed by atoms with E-state index in [0.29, 0.717) is 0 Å². The second-order valence-electron chi connectivity index (χ2n) is 3.31. The van der Waals surface area contributed by atoms with Gasteiger partial charge in [-0.05, 0) is 18.2 Å². The van der Waals surface area contributed by atoms with Crippen LogP contribution < -0.4 is 4.72 Å². The topological polar surface area (TPSA) is 72.0 Å². The number of hydrogen-bond acceptors (Lipinski definition) is 4. The predicted octanol–water partition coefficient (Wildman–Crippen LogP) is 1.56. The zero-order valence-electron chi connectivity index (χ0n) is 8.84. The van der Waals surface area contributed by atoms with Crippen LogP contribution in [-0.4, -0.2) is 18.4 Å². The summed E-state index contributed by atoms with van der Waals surface area (Å²) in [5.41, 5.74) is 0.0701. The fourth-order valence-corrected chi connectivity index (χ4v) is 2.21. The molecule has 0 aromatic carbocycles. The van der Waals surface area contributed by atoms with Gasteiger partial charge in [0.25, 0.3) is 10.0 Å². The minimum atomic E-state index is -3.96. The van der Waals surface area contributed by atoms with E-state index < -0.39 is 21.8 Å². The maximum Gasteiger partial charge on any atom is 0.263 e. The molecule has 2 aromatic heterocycles. The van der Waals surface area contributed by atoms with E-state index in [0.717, 1.165) is 30.7 Å². The number of sulfonamides is 1. The summed E-state index contributed by atoms with van der Waals surface area (Å²) in [7, 11) is -3.96. The Morgan fingerprint density at radius 1 is 1.11 bits per heavy atom. The van der Waals surface area contributed by atoms with Gasteiger partial charge in [0.1, 0.15) is 10.7 Å². The molecule has 0 aliphatic carbocycles. The molecule has 5 nitrogen and oxygen atoms in total. The van der Waals surface area contributed by atoms with Crippen LogP contribution >= 0.6 is 0 Å². The molecule has 18 heavy (non-hydrogen) atoms.